The van der Waals surface area contributed by atoms with Crippen LogP contribution in [0, 0.1) is 0 Å². The molecule has 9 nitrogen and oxygen atoms in total. The molecule has 0 N–H and O–H groups in total. The first-order valence-electron chi connectivity index (χ1n) is 34.7. The van der Waals surface area contributed by atoms with Gasteiger partial charge in [0.05, 0.1) is 83.3 Å². The maximum atomic E-state index is 5.63. The van der Waals surface area contributed by atoms with E-state index in [4.69, 9.17) is 15.0 Å². The summed E-state index contributed by atoms with van der Waals surface area (Å²) in [5.74, 6) is 2.23. The molecule has 8 heterocycles. The van der Waals surface area contributed by atoms with Gasteiger partial charge >= 0.3 is 0 Å². The smallest absolute Gasteiger partial charge is 0.237 e. The quantitative estimate of drug-likeness (QED) is 0.145. The Morgan fingerprint density at radius 1 is 0.157 bits per heavy atom. The van der Waals surface area contributed by atoms with Crippen molar-refractivity contribution in [3.8, 4) is 68.3 Å². The number of pyridine rings is 1. The molecular formula is C93H57N9. The molecule has 0 atom stereocenters. The van der Waals surface area contributed by atoms with Gasteiger partial charge in [0.1, 0.15) is 11.6 Å². The minimum absolute atomic E-state index is 0.588. The highest BCUT2D eigenvalue weighted by molar-refractivity contribution is 6.15. The molecule has 0 bridgehead atoms. The zero-order chi connectivity index (χ0) is 66.7. The van der Waals surface area contributed by atoms with Crippen molar-refractivity contribution in [3.05, 3.63) is 346 Å². The van der Waals surface area contributed by atoms with Gasteiger partial charge in [0.2, 0.25) is 5.95 Å². The van der Waals surface area contributed by atoms with Crippen molar-refractivity contribution in [2.45, 2.75) is 0 Å². The van der Waals surface area contributed by atoms with E-state index < -0.39 is 0 Å². The summed E-state index contributed by atoms with van der Waals surface area (Å²) in [6, 6.07) is 125. The van der Waals surface area contributed by atoms with E-state index in [1.807, 2.05) is 0 Å². The molecule has 0 aliphatic rings. The Kier molecular flexibility index (Phi) is 12.0. The molecule has 102 heavy (non-hydrogen) atoms. The Hall–Kier alpha value is -13.9. The molecule has 14 aromatic carbocycles. The Balaban J connectivity index is 0.663. The van der Waals surface area contributed by atoms with Crippen molar-refractivity contribution in [1.82, 2.24) is 42.4 Å². The van der Waals surface area contributed by atoms with E-state index in [1.165, 1.54) is 64.9 Å². The van der Waals surface area contributed by atoms with Gasteiger partial charge in [-0.05, 0) is 126 Å². The standard InChI is InChI=1S/C93H57N9/c1-11-31-79-65(21-1)66-22-2-12-32-80(66)97(79)62-49-43-59(44-50-62)78-57-92(101-86-38-18-7-27-71(86)72-28-8-19-39-87(72)101)96-93(95-78)102-88-40-20-10-30-74(88)76-54-61(46-52-90(76)102)60-45-51-89-75(53-60)73-29-9-15-35-83(73)98(89)63-47-41-58(42-48-63)77-55-64(99-81-33-13-3-23-67(81)68-24-4-14-34-82(68)99)56-91(94-77)100-84-36-16-5-25-69(84)70-26-6-17-37-85(70)100/h1-57H. The summed E-state index contributed by atoms with van der Waals surface area (Å²) in [5.41, 5.74) is 22.5. The molecule has 22 aromatic rings. The fraction of sp³-hybridized carbons (Fsp3) is 0. The molecule has 0 saturated carbocycles. The average Bonchev–Trinajstić information content (AvgIpc) is 1.57. The second kappa shape index (κ2) is 21.8. The van der Waals surface area contributed by atoms with E-state index in [9.17, 15) is 0 Å². The van der Waals surface area contributed by atoms with E-state index in [0.717, 1.165) is 128 Å². The highest BCUT2D eigenvalue weighted by atomic mass is 15.2. The van der Waals surface area contributed by atoms with Crippen LogP contribution in [0.25, 0.3) is 199 Å². The number of benzene rings is 14. The van der Waals surface area contributed by atoms with Gasteiger partial charge in [-0.15, -0.1) is 0 Å². The molecular weight excluding hydrogens is 1240 g/mol. The van der Waals surface area contributed by atoms with Gasteiger partial charge < -0.3 is 13.7 Å². The van der Waals surface area contributed by atoms with Crippen LogP contribution in [-0.2, 0) is 0 Å². The molecule has 8 aromatic heterocycles. The lowest BCUT2D eigenvalue weighted by atomic mass is 10.0. The normalized spacial score (nSPS) is 12.1. The lowest BCUT2D eigenvalue weighted by Crippen LogP contribution is -2.07. The van der Waals surface area contributed by atoms with Crippen LogP contribution in [0.15, 0.2) is 346 Å². The number of aromatic nitrogens is 9. The molecule has 0 unspecified atom stereocenters. The Labute approximate surface area is 583 Å². The molecule has 474 valence electrons. The van der Waals surface area contributed by atoms with Gasteiger partial charge in [-0.2, -0.15) is 4.98 Å². The van der Waals surface area contributed by atoms with Crippen molar-refractivity contribution in [3.63, 3.8) is 0 Å². The van der Waals surface area contributed by atoms with Gasteiger partial charge in [-0.3, -0.25) is 13.7 Å². The van der Waals surface area contributed by atoms with Crippen molar-refractivity contribution in [2.75, 3.05) is 0 Å². The predicted molar refractivity (Wildman–Crippen MR) is 422 cm³/mol. The van der Waals surface area contributed by atoms with Gasteiger partial charge in [0.15, 0.2) is 0 Å². The van der Waals surface area contributed by atoms with E-state index in [1.54, 1.807) is 0 Å². The van der Waals surface area contributed by atoms with Crippen LogP contribution >= 0.6 is 0 Å². The molecule has 0 fully saturated rings. The van der Waals surface area contributed by atoms with Crippen LogP contribution in [0.4, 0.5) is 0 Å². The second-order valence-corrected chi connectivity index (χ2v) is 26.7. The first-order valence-corrected chi connectivity index (χ1v) is 34.7. The lowest BCUT2D eigenvalue weighted by Gasteiger charge is -2.15. The monoisotopic (exact) mass is 1300 g/mol. The van der Waals surface area contributed by atoms with E-state index >= 15 is 0 Å². The fourth-order valence-corrected chi connectivity index (χ4v) is 16.8. The van der Waals surface area contributed by atoms with Gasteiger partial charge in [-0.1, -0.05) is 218 Å². The second-order valence-electron chi connectivity index (χ2n) is 26.7. The molecule has 9 heteroatoms. The number of hydrogen-bond acceptors (Lipinski definition) is 3. The molecule has 0 saturated heterocycles. The van der Waals surface area contributed by atoms with Crippen LogP contribution in [0.2, 0.25) is 0 Å². The molecule has 22 rings (SSSR count). The first kappa shape index (κ1) is 56.2. The van der Waals surface area contributed by atoms with Crippen LogP contribution in [-0.4, -0.2) is 42.4 Å². The van der Waals surface area contributed by atoms with E-state index in [-0.39, 0.29) is 0 Å². The Bertz CT molecular complexity index is 6910. The van der Waals surface area contributed by atoms with Crippen LogP contribution in [0.3, 0.4) is 0 Å². The lowest BCUT2D eigenvalue weighted by molar-refractivity contribution is 0.952. The van der Waals surface area contributed by atoms with Crippen molar-refractivity contribution >= 4 is 131 Å². The zero-order valence-electron chi connectivity index (χ0n) is 54.9. The largest absolute Gasteiger partial charge is 0.309 e. The maximum Gasteiger partial charge on any atom is 0.237 e. The topological polar surface area (TPSA) is 68.2 Å². The molecule has 0 aliphatic carbocycles. The SMILES string of the molecule is c1ccc2c(c1)c1ccccc1n2-c1ccc(-c2cc(-n3c4ccccc4c4ccccc43)nc(-n3c4ccccc4c4cc(-c5ccc6c(c5)c5ccccc5n6-c5ccc(-c6cc(-n7c8ccccc8c8ccccc87)cc(-n7c8ccccc8c8ccccc87)n6)cc5)ccc43)n2)cc1. The van der Waals surface area contributed by atoms with Gasteiger partial charge in [-0.25, -0.2) is 9.97 Å². The van der Waals surface area contributed by atoms with Crippen molar-refractivity contribution in [2.24, 2.45) is 0 Å². The minimum Gasteiger partial charge on any atom is -0.309 e. The molecule has 0 amide bonds. The Morgan fingerprint density at radius 2 is 0.412 bits per heavy atom. The van der Waals surface area contributed by atoms with Gasteiger partial charge in [0, 0.05) is 99.3 Å². The summed E-state index contributed by atoms with van der Waals surface area (Å²) >= 11 is 0. The van der Waals surface area contributed by atoms with Gasteiger partial charge in [0.25, 0.3) is 0 Å². The number of nitrogens with zero attached hydrogens (tertiary/aromatic N) is 9. The summed E-state index contributed by atoms with van der Waals surface area (Å²) in [4.78, 5) is 16.8. The van der Waals surface area contributed by atoms with Crippen molar-refractivity contribution < 1.29 is 0 Å². The number of para-hydroxylation sites is 10. The average molecular weight is 1300 g/mol. The highest BCUT2D eigenvalue weighted by Gasteiger charge is 2.24. The third-order valence-corrected chi connectivity index (χ3v) is 21.3. The Morgan fingerprint density at radius 3 is 0.765 bits per heavy atom. The minimum atomic E-state index is 0.588. The maximum absolute atomic E-state index is 5.63. The van der Waals surface area contributed by atoms with E-state index in [2.05, 4.69) is 373 Å². The summed E-state index contributed by atoms with van der Waals surface area (Å²) in [5, 5.41) is 14.2. The third kappa shape index (κ3) is 8.30. The third-order valence-electron chi connectivity index (χ3n) is 21.3. The highest BCUT2D eigenvalue weighted by Crippen LogP contribution is 2.43. The zero-order valence-corrected chi connectivity index (χ0v) is 54.9. The van der Waals surface area contributed by atoms with Crippen LogP contribution < -0.4 is 0 Å². The number of hydrogen-bond donors (Lipinski definition) is 0. The summed E-state index contributed by atoms with van der Waals surface area (Å²) in [6.45, 7) is 0. The summed E-state index contributed by atoms with van der Waals surface area (Å²) in [6.07, 6.45) is 0. The van der Waals surface area contributed by atoms with Crippen LogP contribution in [0.5, 0.6) is 0 Å². The molecule has 0 radical (unpaired) electrons. The van der Waals surface area contributed by atoms with Crippen molar-refractivity contribution in [1.29, 1.82) is 0 Å². The fourth-order valence-electron chi connectivity index (χ4n) is 16.8. The molecule has 0 spiro atoms. The number of rotatable bonds is 9. The summed E-state index contributed by atoms with van der Waals surface area (Å²) < 4.78 is 14.1. The van der Waals surface area contributed by atoms with Crippen LogP contribution in [0.1, 0.15) is 0 Å². The predicted octanol–water partition coefficient (Wildman–Crippen LogP) is 23.5. The number of fused-ring (bicyclic) bond motifs is 18. The molecule has 0 aliphatic heterocycles. The first-order chi connectivity index (χ1) is 50.6. The van der Waals surface area contributed by atoms with E-state index in [0.29, 0.717) is 5.95 Å². The summed E-state index contributed by atoms with van der Waals surface area (Å²) in [7, 11) is 0.